The van der Waals surface area contributed by atoms with E-state index in [4.69, 9.17) is 4.74 Å². The number of nitrogens with one attached hydrogen (secondary N) is 2. The number of piperazine rings is 1. The number of para-hydroxylation sites is 2. The van der Waals surface area contributed by atoms with Crippen LogP contribution in [-0.2, 0) is 4.79 Å². The van der Waals surface area contributed by atoms with E-state index in [-0.39, 0.29) is 5.91 Å². The quantitative estimate of drug-likeness (QED) is 0.691. The molecule has 1 aliphatic heterocycles. The van der Waals surface area contributed by atoms with Crippen LogP contribution in [0.3, 0.4) is 0 Å². The van der Waals surface area contributed by atoms with Crippen molar-refractivity contribution >= 4 is 38.3 Å². The molecule has 1 fully saturated rings. The van der Waals surface area contributed by atoms with Gasteiger partial charge < -0.3 is 14.5 Å². The van der Waals surface area contributed by atoms with Crippen molar-refractivity contribution in [1.29, 1.82) is 0 Å². The largest absolute Gasteiger partial charge is 0.495 e. The Morgan fingerprint density at radius 2 is 2.04 bits per heavy atom. The third kappa shape index (κ3) is 4.10. The number of carbonyl (C=O) groups is 1. The summed E-state index contributed by atoms with van der Waals surface area (Å²) in [6.07, 6.45) is 0. The van der Waals surface area contributed by atoms with Crippen LogP contribution in [-0.4, -0.2) is 50.7 Å². The van der Waals surface area contributed by atoms with Crippen LogP contribution in [0.1, 0.15) is 5.56 Å². The second-order valence-electron chi connectivity index (χ2n) is 7.12. The first-order chi connectivity index (χ1) is 13.6. The molecule has 3 aromatic rings. The maximum atomic E-state index is 12.5. The number of carbonyl (C=O) groups excluding carboxylic acids is 1. The van der Waals surface area contributed by atoms with Crippen LogP contribution in [0.4, 0.5) is 10.8 Å². The summed E-state index contributed by atoms with van der Waals surface area (Å²) in [6.45, 7) is 6.18. The number of fused-ring (bicyclic) bond motifs is 1. The predicted molar refractivity (Wildman–Crippen MR) is 114 cm³/mol. The number of thiazole rings is 1. The van der Waals surface area contributed by atoms with Gasteiger partial charge in [0.25, 0.3) is 5.91 Å². The number of aromatic nitrogens is 1. The monoisotopic (exact) mass is 397 g/mol. The van der Waals surface area contributed by atoms with Crippen LogP contribution in [0.2, 0.25) is 0 Å². The molecule has 1 saturated heterocycles. The summed E-state index contributed by atoms with van der Waals surface area (Å²) >= 11 is 1.53. The number of benzene rings is 2. The van der Waals surface area contributed by atoms with Gasteiger partial charge in [0.05, 0.1) is 49.2 Å². The number of rotatable bonds is 5. The maximum absolute atomic E-state index is 12.5. The van der Waals surface area contributed by atoms with E-state index in [2.05, 4.69) is 34.3 Å². The normalized spacial score (nSPS) is 15.0. The number of hydrogen-bond acceptors (Lipinski definition) is 5. The number of nitrogens with zero attached hydrogens (tertiary/aromatic N) is 2. The smallest absolute Gasteiger partial charge is 0.281 e. The molecule has 1 aliphatic rings. The lowest BCUT2D eigenvalue weighted by molar-refractivity contribution is -0.892. The lowest BCUT2D eigenvalue weighted by atomic mass is 10.2. The standard InChI is InChI=1S/C21H24N4O2S/c1-15-7-8-16-19(13-15)28-21(22-16)23-20(26)14-24-9-11-25(12-10-24)17-5-3-4-6-18(17)27-2/h3-8,13H,9-12,14H2,1-2H3,(H,22,23,26)/p+1. The predicted octanol–water partition coefficient (Wildman–Crippen LogP) is 1.96. The van der Waals surface area contributed by atoms with Gasteiger partial charge in [0, 0.05) is 0 Å². The number of anilines is 2. The number of aryl methyl sites for hydroxylation is 1. The Labute approximate surface area is 168 Å². The van der Waals surface area contributed by atoms with Crippen molar-refractivity contribution in [3.8, 4) is 5.75 Å². The molecular formula is C21H25N4O2S+. The number of methoxy groups -OCH3 is 1. The Hall–Kier alpha value is -2.64. The average molecular weight is 398 g/mol. The molecule has 4 rings (SSSR count). The molecule has 2 aromatic carbocycles. The van der Waals surface area contributed by atoms with Gasteiger partial charge in [-0.1, -0.05) is 29.5 Å². The van der Waals surface area contributed by atoms with Crippen molar-refractivity contribution in [2.45, 2.75) is 6.92 Å². The van der Waals surface area contributed by atoms with Crippen molar-refractivity contribution in [3.63, 3.8) is 0 Å². The Morgan fingerprint density at radius 1 is 1.25 bits per heavy atom. The molecule has 0 atom stereocenters. The van der Waals surface area contributed by atoms with Crippen LogP contribution < -0.4 is 19.9 Å². The van der Waals surface area contributed by atoms with Gasteiger partial charge in [0.2, 0.25) is 0 Å². The molecule has 1 amide bonds. The first kappa shape index (κ1) is 18.7. The highest BCUT2D eigenvalue weighted by atomic mass is 32.1. The molecule has 7 heteroatoms. The Bertz CT molecular complexity index is 979. The van der Waals surface area contributed by atoms with E-state index in [0.717, 1.165) is 47.8 Å². The molecule has 0 bridgehead atoms. The maximum Gasteiger partial charge on any atom is 0.281 e. The fourth-order valence-corrected chi connectivity index (χ4v) is 4.59. The topological polar surface area (TPSA) is 58.9 Å². The van der Waals surface area contributed by atoms with E-state index in [9.17, 15) is 4.79 Å². The van der Waals surface area contributed by atoms with Crippen LogP contribution in [0.5, 0.6) is 5.75 Å². The van der Waals surface area contributed by atoms with Gasteiger partial charge in [-0.25, -0.2) is 4.98 Å². The van der Waals surface area contributed by atoms with Crippen molar-refractivity contribution in [2.75, 3.05) is 50.1 Å². The van der Waals surface area contributed by atoms with E-state index >= 15 is 0 Å². The Kier molecular flexibility index (Phi) is 5.45. The van der Waals surface area contributed by atoms with E-state index in [1.807, 2.05) is 30.3 Å². The van der Waals surface area contributed by atoms with Gasteiger partial charge >= 0.3 is 0 Å². The second-order valence-corrected chi connectivity index (χ2v) is 8.15. The highest BCUT2D eigenvalue weighted by molar-refractivity contribution is 7.22. The third-order valence-corrected chi connectivity index (χ3v) is 6.03. The first-order valence-corrected chi connectivity index (χ1v) is 10.3. The van der Waals surface area contributed by atoms with Crippen LogP contribution in [0, 0.1) is 6.92 Å². The number of hydrogen-bond donors (Lipinski definition) is 2. The summed E-state index contributed by atoms with van der Waals surface area (Å²) in [5.74, 6) is 0.922. The zero-order valence-corrected chi connectivity index (χ0v) is 17.0. The molecule has 0 spiro atoms. The van der Waals surface area contributed by atoms with E-state index in [0.29, 0.717) is 11.7 Å². The summed E-state index contributed by atoms with van der Waals surface area (Å²) in [4.78, 5) is 20.6. The number of ether oxygens (including phenoxy) is 1. The third-order valence-electron chi connectivity index (χ3n) is 5.10. The second kappa shape index (κ2) is 8.16. The molecule has 0 radical (unpaired) electrons. The summed E-state index contributed by atoms with van der Waals surface area (Å²) in [7, 11) is 1.70. The molecular weight excluding hydrogens is 372 g/mol. The number of quaternary nitrogens is 1. The van der Waals surface area contributed by atoms with Gasteiger partial charge in [0.1, 0.15) is 5.75 Å². The summed E-state index contributed by atoms with van der Waals surface area (Å²) in [6, 6.07) is 14.2. The lowest BCUT2D eigenvalue weighted by Crippen LogP contribution is -3.15. The average Bonchev–Trinajstić information content (AvgIpc) is 3.09. The first-order valence-electron chi connectivity index (χ1n) is 9.51. The minimum Gasteiger partial charge on any atom is -0.495 e. The van der Waals surface area contributed by atoms with Gasteiger partial charge in [0.15, 0.2) is 11.7 Å². The molecule has 2 N–H and O–H groups in total. The molecule has 146 valence electrons. The number of amides is 1. The molecule has 2 heterocycles. The van der Waals surface area contributed by atoms with E-state index in [1.54, 1.807) is 7.11 Å². The summed E-state index contributed by atoms with van der Waals surface area (Å²) in [5.41, 5.74) is 3.26. The van der Waals surface area contributed by atoms with Gasteiger partial charge in [-0.05, 0) is 36.8 Å². The Morgan fingerprint density at radius 3 is 2.82 bits per heavy atom. The fourth-order valence-electron chi connectivity index (χ4n) is 3.61. The fraction of sp³-hybridized carbons (Fsp3) is 0.333. The molecule has 0 unspecified atom stereocenters. The highest BCUT2D eigenvalue weighted by Crippen LogP contribution is 2.28. The zero-order valence-electron chi connectivity index (χ0n) is 16.2. The van der Waals surface area contributed by atoms with E-state index < -0.39 is 0 Å². The van der Waals surface area contributed by atoms with Crippen molar-refractivity contribution in [2.24, 2.45) is 0 Å². The van der Waals surface area contributed by atoms with Crippen molar-refractivity contribution in [3.05, 3.63) is 48.0 Å². The lowest BCUT2D eigenvalue weighted by Gasteiger charge is -2.33. The van der Waals surface area contributed by atoms with Crippen LogP contribution in [0.25, 0.3) is 10.2 Å². The van der Waals surface area contributed by atoms with Crippen molar-refractivity contribution < 1.29 is 14.4 Å². The highest BCUT2D eigenvalue weighted by Gasteiger charge is 2.24. The summed E-state index contributed by atoms with van der Waals surface area (Å²) in [5, 5.41) is 3.65. The molecule has 0 aliphatic carbocycles. The van der Waals surface area contributed by atoms with Crippen molar-refractivity contribution in [1.82, 2.24) is 4.98 Å². The molecule has 0 saturated carbocycles. The van der Waals surface area contributed by atoms with E-state index in [1.165, 1.54) is 21.8 Å². The SMILES string of the molecule is COc1ccccc1N1CC[NH+](CC(=O)Nc2nc3ccc(C)cc3s2)CC1. The summed E-state index contributed by atoms with van der Waals surface area (Å²) < 4.78 is 6.57. The molecule has 1 aromatic heterocycles. The molecule has 28 heavy (non-hydrogen) atoms. The van der Waals surface area contributed by atoms with Gasteiger partial charge in [-0.15, -0.1) is 0 Å². The van der Waals surface area contributed by atoms with Gasteiger partial charge in [-0.2, -0.15) is 0 Å². The molecule has 6 nitrogen and oxygen atoms in total. The zero-order chi connectivity index (χ0) is 19.5. The Balaban J connectivity index is 1.32. The minimum absolute atomic E-state index is 0.0246. The van der Waals surface area contributed by atoms with Crippen LogP contribution in [0.15, 0.2) is 42.5 Å². The van der Waals surface area contributed by atoms with Crippen LogP contribution >= 0.6 is 11.3 Å². The van der Waals surface area contributed by atoms with Gasteiger partial charge in [-0.3, -0.25) is 10.1 Å². The minimum atomic E-state index is 0.0246.